The monoisotopic (exact) mass is 1070 g/mol. The SMILES string of the molecule is Cc1ncsc1-c1ccc(CNC(=O)[C@@H]2C[C@@H](O)CN2C(=O)[C@@H](NC(=O)C2(F)CC2)C(C)(C)C)c(OCCCCCC(=O)N2CC([C@@H](c3ccccc3)n3cc(NC(=O)c4n[nH]c5c4C[C@@H]4C(F)(F)[C@]4(C)C5)cn3)C2)c1. The number of aromatic amines is 1. The van der Waals surface area contributed by atoms with Gasteiger partial charge in [0.2, 0.25) is 17.7 Å². The van der Waals surface area contributed by atoms with Crippen molar-refractivity contribution in [1.29, 1.82) is 0 Å². The smallest absolute Gasteiger partial charge is 0.276 e. The Kier molecular flexibility index (Phi) is 14.2. The molecule has 17 nitrogen and oxygen atoms in total. The highest BCUT2D eigenvalue weighted by Gasteiger charge is 2.78. The van der Waals surface area contributed by atoms with Gasteiger partial charge in [-0.1, -0.05) is 70.2 Å². The first-order valence-electron chi connectivity index (χ1n) is 26.2. The molecule has 0 bridgehead atoms. The third-order valence-corrected chi connectivity index (χ3v) is 17.1. The standard InChI is InChI=1S/C55H65F3N10O7S/c1-31-46(76-30-60-31)33-15-16-34(24-59-48(71)40-21-37(69)29-67(40)50(73)47(52(2,3)4)63-51(74)54(56)17-18-54)41(20-33)75-19-11-7-10-14-43(70)66-26-35(27-66)45(32-12-8-6-9-13-32)68-28-36(25-61-68)62-49(72)44-38-22-42-53(5,55(42,57)58)23-39(38)64-65-44/h6,8-9,12-13,15-16,20,25,28,30,35,37,40,42,45,47,69H,7,10-11,14,17-19,21-24,26-27,29H2,1-5H3,(H,59,71)(H,62,72)(H,63,74)(H,64,65)/t37-,40+,42+,45-,47-,53-/m1/s1. The molecule has 0 spiro atoms. The van der Waals surface area contributed by atoms with Crippen molar-refractivity contribution >= 4 is 46.6 Å². The van der Waals surface area contributed by atoms with E-state index in [1.165, 1.54) is 16.2 Å². The molecule has 3 aliphatic carbocycles. The maximum atomic E-state index is 14.7. The Morgan fingerprint density at radius 2 is 1.78 bits per heavy atom. The summed E-state index contributed by atoms with van der Waals surface area (Å²) in [6.07, 6.45) is 5.14. The van der Waals surface area contributed by atoms with Gasteiger partial charge in [-0.3, -0.25) is 33.8 Å². The van der Waals surface area contributed by atoms with Crippen molar-refractivity contribution in [3.8, 4) is 16.2 Å². The van der Waals surface area contributed by atoms with Crippen LogP contribution >= 0.6 is 11.3 Å². The molecule has 6 atom stereocenters. The minimum Gasteiger partial charge on any atom is -0.493 e. The first-order chi connectivity index (χ1) is 36.1. The van der Waals surface area contributed by atoms with E-state index < -0.39 is 70.2 Å². The molecule has 2 saturated carbocycles. The quantitative estimate of drug-likeness (QED) is 0.0536. The van der Waals surface area contributed by atoms with Gasteiger partial charge in [-0.05, 0) is 68.1 Å². The number of rotatable bonds is 19. The van der Waals surface area contributed by atoms with Gasteiger partial charge in [0.15, 0.2) is 11.4 Å². The zero-order chi connectivity index (χ0) is 53.9. The highest BCUT2D eigenvalue weighted by Crippen LogP contribution is 2.70. The molecule has 5 amide bonds. The van der Waals surface area contributed by atoms with Gasteiger partial charge in [-0.25, -0.2) is 18.2 Å². The molecule has 5 aliphatic rings. The normalized spacial score (nSPS) is 22.9. The molecule has 404 valence electrons. The van der Waals surface area contributed by atoms with Crippen molar-refractivity contribution < 1.29 is 47.0 Å². The number of carbonyl (C=O) groups is 5. The lowest BCUT2D eigenvalue weighted by Gasteiger charge is -2.43. The number of hydrogen-bond acceptors (Lipinski definition) is 11. The minimum atomic E-state index is -2.77. The number of carbonyl (C=O) groups excluding carboxylic acids is 5. The average molecular weight is 1070 g/mol. The number of ether oxygens (including phenoxy) is 1. The first kappa shape index (κ1) is 52.8. The van der Waals surface area contributed by atoms with E-state index in [9.17, 15) is 42.3 Å². The summed E-state index contributed by atoms with van der Waals surface area (Å²) < 4.78 is 52.0. The van der Waals surface area contributed by atoms with Crippen LogP contribution in [0.2, 0.25) is 0 Å². The maximum absolute atomic E-state index is 14.7. The maximum Gasteiger partial charge on any atom is 0.276 e. The van der Waals surface area contributed by atoms with E-state index in [1.807, 2.05) is 60.4 Å². The predicted octanol–water partition coefficient (Wildman–Crippen LogP) is 6.96. The summed E-state index contributed by atoms with van der Waals surface area (Å²) >= 11 is 1.50. The van der Waals surface area contributed by atoms with Crippen LogP contribution in [0.1, 0.15) is 117 Å². The van der Waals surface area contributed by atoms with Gasteiger partial charge < -0.3 is 35.6 Å². The van der Waals surface area contributed by atoms with Gasteiger partial charge in [0, 0.05) is 85.7 Å². The number of aliphatic hydroxyl groups is 1. The van der Waals surface area contributed by atoms with Gasteiger partial charge in [0.25, 0.3) is 17.7 Å². The minimum absolute atomic E-state index is 0.000576. The number of likely N-dealkylation sites (tertiary alicyclic amines) is 2. The summed E-state index contributed by atoms with van der Waals surface area (Å²) in [5, 5.41) is 30.7. The topological polar surface area (TPSA) is 217 Å². The fourth-order valence-electron chi connectivity index (χ4n) is 11.2. The number of benzene rings is 2. The summed E-state index contributed by atoms with van der Waals surface area (Å²) in [5.74, 6) is -5.32. The lowest BCUT2D eigenvalue weighted by Crippen LogP contribution is -2.59. The van der Waals surface area contributed by atoms with Crippen molar-refractivity contribution in [2.75, 3.05) is 31.6 Å². The van der Waals surface area contributed by atoms with Crippen LogP contribution in [0.5, 0.6) is 5.75 Å². The molecule has 4 fully saturated rings. The van der Waals surface area contributed by atoms with Gasteiger partial charge in [-0.15, -0.1) is 11.3 Å². The number of hydrogen-bond donors (Lipinski definition) is 5. The van der Waals surface area contributed by atoms with E-state index in [1.54, 1.807) is 50.3 Å². The lowest BCUT2D eigenvalue weighted by atomic mass is 9.85. The Bertz CT molecular complexity index is 3020. The van der Waals surface area contributed by atoms with Gasteiger partial charge in [0.05, 0.1) is 46.7 Å². The van der Waals surface area contributed by atoms with E-state index in [4.69, 9.17) is 4.74 Å². The van der Waals surface area contributed by atoms with E-state index in [-0.39, 0.29) is 68.8 Å². The molecule has 5 aromatic rings. The van der Waals surface area contributed by atoms with Gasteiger partial charge in [-0.2, -0.15) is 10.2 Å². The van der Waals surface area contributed by atoms with Gasteiger partial charge in [0.1, 0.15) is 17.8 Å². The Hall–Kier alpha value is -6.61. The number of anilines is 1. The summed E-state index contributed by atoms with van der Waals surface area (Å²) in [5.41, 5.74) is 2.99. The fourth-order valence-corrected chi connectivity index (χ4v) is 12.0. The molecule has 10 rings (SSSR count). The molecule has 5 heterocycles. The van der Waals surface area contributed by atoms with Crippen molar-refractivity contribution in [3.05, 3.63) is 100 Å². The lowest BCUT2D eigenvalue weighted by molar-refractivity contribution is -0.145. The average Bonchev–Trinajstić information content (AvgIpc) is 4.00. The molecule has 3 aromatic heterocycles. The number of aliphatic hydroxyl groups excluding tert-OH is 1. The molecular weight excluding hydrogens is 1000 g/mol. The van der Waals surface area contributed by atoms with Crippen LogP contribution in [0, 0.1) is 29.6 Å². The summed E-state index contributed by atoms with van der Waals surface area (Å²) in [7, 11) is 0. The van der Waals surface area contributed by atoms with Crippen LogP contribution in [0.25, 0.3) is 10.4 Å². The third-order valence-electron chi connectivity index (χ3n) is 16.2. The number of thiazole rings is 1. The number of nitrogens with one attached hydrogen (secondary N) is 4. The number of aryl methyl sites for hydroxylation is 1. The third kappa shape index (κ3) is 10.4. The fraction of sp³-hybridized carbons (Fsp3) is 0.527. The summed E-state index contributed by atoms with van der Waals surface area (Å²) in [6, 6.07) is 13.2. The molecule has 5 N–H and O–H groups in total. The van der Waals surface area contributed by atoms with Gasteiger partial charge >= 0.3 is 0 Å². The number of fused-ring (bicyclic) bond motifs is 2. The number of unbranched alkanes of at least 4 members (excludes halogenated alkanes) is 2. The zero-order valence-corrected chi connectivity index (χ0v) is 44.2. The Labute approximate surface area is 442 Å². The van der Waals surface area contributed by atoms with Crippen molar-refractivity contribution in [3.63, 3.8) is 0 Å². The van der Waals surface area contributed by atoms with Crippen molar-refractivity contribution in [2.24, 2.45) is 22.7 Å². The van der Waals surface area contributed by atoms with Crippen LogP contribution in [0.4, 0.5) is 18.9 Å². The number of halogens is 3. The van der Waals surface area contributed by atoms with Crippen molar-refractivity contribution in [1.82, 2.24) is 45.4 Å². The molecule has 76 heavy (non-hydrogen) atoms. The highest BCUT2D eigenvalue weighted by molar-refractivity contribution is 7.13. The second-order valence-electron chi connectivity index (χ2n) is 22.7. The number of nitrogens with zero attached hydrogens (tertiary/aromatic N) is 6. The largest absolute Gasteiger partial charge is 0.493 e. The van der Waals surface area contributed by atoms with Crippen LogP contribution in [-0.4, -0.2) is 125 Å². The Morgan fingerprint density at radius 3 is 2.49 bits per heavy atom. The molecule has 2 aliphatic heterocycles. The number of aromatic nitrogens is 5. The summed E-state index contributed by atoms with van der Waals surface area (Å²) in [4.78, 5) is 76.0. The highest BCUT2D eigenvalue weighted by atomic mass is 32.1. The molecule has 0 radical (unpaired) electrons. The van der Waals surface area contributed by atoms with Crippen LogP contribution in [0.15, 0.2) is 66.4 Å². The number of H-pyrrole nitrogens is 1. The van der Waals surface area contributed by atoms with Crippen LogP contribution < -0.4 is 20.7 Å². The molecular formula is C55H65F3N10O7S. The van der Waals surface area contributed by atoms with Crippen LogP contribution in [0.3, 0.4) is 0 Å². The van der Waals surface area contributed by atoms with E-state index >= 15 is 0 Å². The number of amides is 5. The Balaban J connectivity index is 0.714. The second-order valence-corrected chi connectivity index (χ2v) is 23.5. The second kappa shape index (κ2) is 20.4. The van der Waals surface area contributed by atoms with E-state index in [0.29, 0.717) is 67.2 Å². The van der Waals surface area contributed by atoms with Crippen LogP contribution in [-0.2, 0) is 38.6 Å². The molecule has 2 aromatic carbocycles. The van der Waals surface area contributed by atoms with E-state index in [0.717, 1.165) is 28.1 Å². The molecule has 2 saturated heterocycles. The molecule has 21 heteroatoms. The number of β-amino-alcohol motifs (C(OH)–C–C–N with tert-alkyl or cyclic N) is 1. The number of alkyl halides is 3. The van der Waals surface area contributed by atoms with Crippen molar-refractivity contribution in [2.45, 2.75) is 135 Å². The first-order valence-corrected chi connectivity index (χ1v) is 27.1. The van der Waals surface area contributed by atoms with E-state index in [2.05, 4.69) is 36.2 Å². The summed E-state index contributed by atoms with van der Waals surface area (Å²) in [6.45, 7) is 10.1. The Morgan fingerprint density at radius 1 is 1.01 bits per heavy atom. The zero-order valence-electron chi connectivity index (χ0n) is 43.3. The molecule has 0 unspecified atom stereocenters. The predicted molar refractivity (Wildman–Crippen MR) is 276 cm³/mol.